The van der Waals surface area contributed by atoms with Crippen LogP contribution in [0.2, 0.25) is 0 Å². The maximum atomic E-state index is 11.7. The first-order valence-electron chi connectivity index (χ1n) is 5.55. The number of carbonyl (C=O) groups is 2. The van der Waals surface area contributed by atoms with Gasteiger partial charge in [0.1, 0.15) is 0 Å². The minimum absolute atomic E-state index is 0.0373. The summed E-state index contributed by atoms with van der Waals surface area (Å²) in [6, 6.07) is 0.281. The SMILES string of the molecule is CCC(C)N1CCC(CC(=O)O)CC1=O. The van der Waals surface area contributed by atoms with Crippen LogP contribution >= 0.6 is 0 Å². The molecule has 0 aromatic rings. The molecule has 1 aliphatic heterocycles. The molecular weight excluding hydrogens is 194 g/mol. The van der Waals surface area contributed by atoms with Gasteiger partial charge in [-0.1, -0.05) is 6.92 Å². The molecule has 2 unspecified atom stereocenters. The molecule has 0 spiro atoms. The summed E-state index contributed by atoms with van der Waals surface area (Å²) in [5.74, 6) is -0.651. The second kappa shape index (κ2) is 5.14. The normalized spacial score (nSPS) is 24.0. The zero-order chi connectivity index (χ0) is 11.4. The van der Waals surface area contributed by atoms with Crippen LogP contribution < -0.4 is 0 Å². The molecule has 0 bridgehead atoms. The highest BCUT2D eigenvalue weighted by atomic mass is 16.4. The first-order chi connectivity index (χ1) is 7.04. The molecule has 1 saturated heterocycles. The third-order valence-corrected chi connectivity index (χ3v) is 3.15. The minimum Gasteiger partial charge on any atom is -0.481 e. The third-order valence-electron chi connectivity index (χ3n) is 3.15. The van der Waals surface area contributed by atoms with E-state index in [0.29, 0.717) is 13.0 Å². The van der Waals surface area contributed by atoms with E-state index in [1.807, 2.05) is 11.8 Å². The predicted molar refractivity (Wildman–Crippen MR) is 56.4 cm³/mol. The average Bonchev–Trinajstić information content (AvgIpc) is 2.16. The van der Waals surface area contributed by atoms with Gasteiger partial charge in [0, 0.05) is 25.4 Å². The number of carboxylic acid groups (broad SMARTS) is 1. The molecule has 0 aliphatic carbocycles. The Morgan fingerprint density at radius 1 is 1.67 bits per heavy atom. The van der Waals surface area contributed by atoms with Gasteiger partial charge < -0.3 is 10.0 Å². The Hall–Kier alpha value is -1.06. The van der Waals surface area contributed by atoms with Crippen LogP contribution in [-0.4, -0.2) is 34.5 Å². The molecule has 15 heavy (non-hydrogen) atoms. The van der Waals surface area contributed by atoms with Gasteiger partial charge in [0.05, 0.1) is 0 Å². The van der Waals surface area contributed by atoms with E-state index in [2.05, 4.69) is 6.92 Å². The van der Waals surface area contributed by atoms with E-state index < -0.39 is 5.97 Å². The monoisotopic (exact) mass is 213 g/mol. The number of hydrogen-bond donors (Lipinski definition) is 1. The van der Waals surface area contributed by atoms with Crippen molar-refractivity contribution in [3.05, 3.63) is 0 Å². The smallest absolute Gasteiger partial charge is 0.303 e. The number of hydrogen-bond acceptors (Lipinski definition) is 2. The van der Waals surface area contributed by atoms with Crippen molar-refractivity contribution in [2.24, 2.45) is 5.92 Å². The Kier molecular flexibility index (Phi) is 4.12. The summed E-state index contributed by atoms with van der Waals surface area (Å²) in [4.78, 5) is 24.1. The molecule has 1 amide bonds. The van der Waals surface area contributed by atoms with E-state index in [0.717, 1.165) is 12.8 Å². The van der Waals surface area contributed by atoms with Crippen LogP contribution in [0.1, 0.15) is 39.5 Å². The summed E-state index contributed by atoms with van der Waals surface area (Å²) in [6.07, 6.45) is 2.30. The standard InChI is InChI=1S/C11H19NO3/c1-3-8(2)12-5-4-9(6-10(12)13)7-11(14)15/h8-9H,3-7H2,1-2H3,(H,14,15). The van der Waals surface area contributed by atoms with Crippen molar-refractivity contribution in [1.29, 1.82) is 0 Å². The van der Waals surface area contributed by atoms with Crippen LogP contribution in [0.4, 0.5) is 0 Å². The highest BCUT2D eigenvalue weighted by Crippen LogP contribution is 2.23. The lowest BCUT2D eigenvalue weighted by Gasteiger charge is -2.35. The van der Waals surface area contributed by atoms with Crippen LogP contribution in [0.3, 0.4) is 0 Å². The van der Waals surface area contributed by atoms with Crippen molar-refractivity contribution in [3.63, 3.8) is 0 Å². The second-order valence-electron chi connectivity index (χ2n) is 4.30. The van der Waals surface area contributed by atoms with Gasteiger partial charge in [-0.25, -0.2) is 0 Å². The molecule has 2 atom stereocenters. The number of piperidine rings is 1. The molecule has 1 N–H and O–H groups in total. The van der Waals surface area contributed by atoms with Crippen molar-refractivity contribution in [2.75, 3.05) is 6.54 Å². The number of likely N-dealkylation sites (tertiary alicyclic amines) is 1. The van der Waals surface area contributed by atoms with Crippen LogP contribution in [0.5, 0.6) is 0 Å². The number of aliphatic carboxylic acids is 1. The van der Waals surface area contributed by atoms with Crippen LogP contribution in [0.25, 0.3) is 0 Å². The zero-order valence-electron chi connectivity index (χ0n) is 9.40. The molecular formula is C11H19NO3. The van der Waals surface area contributed by atoms with Gasteiger partial charge in [0.2, 0.25) is 5.91 Å². The summed E-state index contributed by atoms with van der Waals surface area (Å²) in [7, 11) is 0. The van der Waals surface area contributed by atoms with Gasteiger partial charge in [-0.2, -0.15) is 0 Å². The van der Waals surface area contributed by atoms with E-state index in [1.165, 1.54) is 0 Å². The first-order valence-corrected chi connectivity index (χ1v) is 5.55. The Morgan fingerprint density at radius 3 is 2.80 bits per heavy atom. The second-order valence-corrected chi connectivity index (χ2v) is 4.30. The number of amides is 1. The molecule has 4 nitrogen and oxygen atoms in total. The minimum atomic E-state index is -0.801. The Labute approximate surface area is 90.3 Å². The predicted octanol–water partition coefficient (Wildman–Crippen LogP) is 1.50. The molecule has 1 rings (SSSR count). The fourth-order valence-electron chi connectivity index (χ4n) is 2.02. The van der Waals surface area contributed by atoms with Gasteiger partial charge in [0.15, 0.2) is 0 Å². The highest BCUT2D eigenvalue weighted by molar-refractivity contribution is 5.78. The first kappa shape index (κ1) is 12.0. The van der Waals surface area contributed by atoms with Crippen molar-refractivity contribution in [3.8, 4) is 0 Å². The molecule has 4 heteroatoms. The Balaban J connectivity index is 2.48. The number of carboxylic acids is 1. The summed E-state index contributed by atoms with van der Waals surface area (Å²) >= 11 is 0. The molecule has 86 valence electrons. The average molecular weight is 213 g/mol. The lowest BCUT2D eigenvalue weighted by atomic mass is 9.92. The van der Waals surface area contributed by atoms with E-state index in [4.69, 9.17) is 5.11 Å². The fraction of sp³-hybridized carbons (Fsp3) is 0.818. The molecule has 0 radical (unpaired) electrons. The van der Waals surface area contributed by atoms with Gasteiger partial charge >= 0.3 is 5.97 Å². The highest BCUT2D eigenvalue weighted by Gasteiger charge is 2.29. The van der Waals surface area contributed by atoms with Gasteiger partial charge in [-0.3, -0.25) is 9.59 Å². The Bertz CT molecular complexity index is 252. The molecule has 1 aliphatic rings. The van der Waals surface area contributed by atoms with Crippen molar-refractivity contribution >= 4 is 11.9 Å². The van der Waals surface area contributed by atoms with E-state index in [-0.39, 0.29) is 24.3 Å². The summed E-state index contributed by atoms with van der Waals surface area (Å²) in [5.41, 5.74) is 0. The van der Waals surface area contributed by atoms with Gasteiger partial charge in [-0.15, -0.1) is 0 Å². The summed E-state index contributed by atoms with van der Waals surface area (Å²) in [6.45, 7) is 4.81. The fourth-order valence-corrected chi connectivity index (χ4v) is 2.02. The molecule has 0 aromatic carbocycles. The van der Waals surface area contributed by atoms with E-state index in [9.17, 15) is 9.59 Å². The largest absolute Gasteiger partial charge is 0.481 e. The van der Waals surface area contributed by atoms with E-state index in [1.54, 1.807) is 0 Å². The molecule has 0 saturated carbocycles. The maximum absolute atomic E-state index is 11.7. The number of carbonyl (C=O) groups excluding carboxylic acids is 1. The quantitative estimate of drug-likeness (QED) is 0.769. The summed E-state index contributed by atoms with van der Waals surface area (Å²) < 4.78 is 0. The summed E-state index contributed by atoms with van der Waals surface area (Å²) in [5, 5.41) is 8.65. The zero-order valence-corrected chi connectivity index (χ0v) is 9.40. The van der Waals surface area contributed by atoms with Crippen molar-refractivity contribution < 1.29 is 14.7 Å². The Morgan fingerprint density at radius 2 is 2.33 bits per heavy atom. The van der Waals surface area contributed by atoms with Crippen LogP contribution in [0, 0.1) is 5.92 Å². The molecule has 0 aromatic heterocycles. The van der Waals surface area contributed by atoms with Gasteiger partial charge in [-0.05, 0) is 25.7 Å². The molecule has 1 heterocycles. The van der Waals surface area contributed by atoms with Crippen molar-refractivity contribution in [1.82, 2.24) is 4.90 Å². The lowest BCUT2D eigenvalue weighted by molar-refractivity contribution is -0.141. The van der Waals surface area contributed by atoms with Gasteiger partial charge in [0.25, 0.3) is 0 Å². The van der Waals surface area contributed by atoms with Crippen LogP contribution in [-0.2, 0) is 9.59 Å². The maximum Gasteiger partial charge on any atom is 0.303 e. The molecule has 1 fully saturated rings. The van der Waals surface area contributed by atoms with Crippen molar-refractivity contribution in [2.45, 2.75) is 45.6 Å². The lowest BCUT2D eigenvalue weighted by Crippen LogP contribution is -2.44. The topological polar surface area (TPSA) is 57.6 Å². The van der Waals surface area contributed by atoms with E-state index >= 15 is 0 Å². The number of nitrogens with zero attached hydrogens (tertiary/aromatic N) is 1. The number of rotatable bonds is 4. The van der Waals surface area contributed by atoms with Crippen LogP contribution in [0.15, 0.2) is 0 Å². The third kappa shape index (κ3) is 3.22.